The molecule has 1 unspecified atom stereocenters. The number of thiazole rings is 1. The van der Waals surface area contributed by atoms with Gasteiger partial charge in [-0.2, -0.15) is 0 Å². The number of rotatable bonds is 4. The Balaban J connectivity index is 2.66. The quantitative estimate of drug-likeness (QED) is 0.681. The van der Waals surface area contributed by atoms with Crippen LogP contribution in [0.15, 0.2) is 20.6 Å². The van der Waals surface area contributed by atoms with E-state index in [0.717, 1.165) is 17.1 Å². The molecule has 88 valence electrons. The van der Waals surface area contributed by atoms with Gasteiger partial charge in [-0.25, -0.2) is 4.98 Å². The van der Waals surface area contributed by atoms with Crippen LogP contribution in [0, 0.1) is 12.8 Å². The van der Waals surface area contributed by atoms with Crippen molar-refractivity contribution in [3.05, 3.63) is 31.3 Å². The van der Waals surface area contributed by atoms with Gasteiger partial charge < -0.3 is 0 Å². The Morgan fingerprint density at radius 3 is 2.75 bits per heavy atom. The van der Waals surface area contributed by atoms with Gasteiger partial charge in [-0.05, 0) is 65.4 Å². The van der Waals surface area contributed by atoms with Crippen molar-refractivity contribution < 1.29 is 0 Å². The third kappa shape index (κ3) is 4.78. The highest BCUT2D eigenvalue weighted by Crippen LogP contribution is 2.20. The van der Waals surface area contributed by atoms with Gasteiger partial charge in [-0.15, -0.1) is 11.3 Å². The summed E-state index contributed by atoms with van der Waals surface area (Å²) in [6, 6.07) is 0. The predicted octanol–water partition coefficient (Wildman–Crippen LogP) is 5.22. The van der Waals surface area contributed by atoms with Crippen molar-refractivity contribution >= 4 is 40.0 Å². The Labute approximate surface area is 116 Å². The lowest BCUT2D eigenvalue weighted by atomic mass is 9.98. The minimum absolute atomic E-state index is 0.590. The monoisotopic (exact) mass is 347 g/mol. The first kappa shape index (κ1) is 13.9. The van der Waals surface area contributed by atoms with Crippen LogP contribution in [0.4, 0.5) is 0 Å². The molecule has 0 saturated carbocycles. The number of aromatic nitrogens is 1. The number of allylic oxidation sites excluding steroid dienone is 3. The maximum atomic E-state index is 4.45. The lowest BCUT2D eigenvalue weighted by molar-refractivity contribution is 0.699. The molecule has 0 aliphatic heterocycles. The number of hydrogen-bond acceptors (Lipinski definition) is 2. The topological polar surface area (TPSA) is 12.9 Å². The van der Waals surface area contributed by atoms with Gasteiger partial charge in [0.15, 0.2) is 0 Å². The minimum atomic E-state index is 0.590. The van der Waals surface area contributed by atoms with Crippen LogP contribution >= 0.6 is 33.9 Å². The first-order valence-electron chi connectivity index (χ1n) is 5.41. The maximum Gasteiger partial charge on any atom is 0.0901 e. The second-order valence-corrected chi connectivity index (χ2v) is 6.87. The largest absolute Gasteiger partial charge is 0.242 e. The van der Waals surface area contributed by atoms with Gasteiger partial charge in [0, 0.05) is 5.38 Å². The van der Waals surface area contributed by atoms with E-state index in [4.69, 9.17) is 0 Å². The Bertz CT molecular complexity index is 400. The van der Waals surface area contributed by atoms with E-state index in [2.05, 4.69) is 65.9 Å². The molecule has 1 aromatic rings. The van der Waals surface area contributed by atoms with Gasteiger partial charge in [0.2, 0.25) is 0 Å². The van der Waals surface area contributed by atoms with Crippen LogP contribution in [0.2, 0.25) is 0 Å². The Morgan fingerprint density at radius 2 is 2.25 bits per heavy atom. The van der Waals surface area contributed by atoms with E-state index in [0.29, 0.717) is 5.92 Å². The number of hydrogen-bond donors (Lipinski definition) is 0. The van der Waals surface area contributed by atoms with Crippen molar-refractivity contribution in [1.29, 1.82) is 0 Å². The van der Waals surface area contributed by atoms with Gasteiger partial charge in [0.05, 0.1) is 10.7 Å². The summed E-state index contributed by atoms with van der Waals surface area (Å²) in [4.78, 5) is 4.45. The highest BCUT2D eigenvalue weighted by Gasteiger charge is 2.03. The summed E-state index contributed by atoms with van der Waals surface area (Å²) in [6.07, 6.45) is 5.60. The molecular formula is C13H18INS. The fourth-order valence-electron chi connectivity index (χ4n) is 1.35. The normalized spacial score (nSPS) is 15.3. The highest BCUT2D eigenvalue weighted by atomic mass is 127. The molecular weight excluding hydrogens is 329 g/mol. The van der Waals surface area contributed by atoms with Crippen molar-refractivity contribution in [2.45, 2.75) is 34.1 Å². The van der Waals surface area contributed by atoms with Crippen LogP contribution in [0.3, 0.4) is 0 Å². The zero-order valence-electron chi connectivity index (χ0n) is 10.2. The minimum Gasteiger partial charge on any atom is -0.242 e. The average molecular weight is 347 g/mol. The van der Waals surface area contributed by atoms with E-state index in [-0.39, 0.29) is 0 Å². The van der Waals surface area contributed by atoms with Crippen molar-refractivity contribution in [3.63, 3.8) is 0 Å². The Morgan fingerprint density at radius 1 is 1.56 bits per heavy atom. The third-order valence-corrected chi connectivity index (χ3v) is 3.77. The molecule has 0 spiro atoms. The van der Waals surface area contributed by atoms with Gasteiger partial charge in [-0.3, -0.25) is 0 Å². The molecule has 1 heterocycles. The first-order valence-corrected chi connectivity index (χ1v) is 7.37. The molecule has 0 bridgehead atoms. The van der Waals surface area contributed by atoms with Gasteiger partial charge in [0.1, 0.15) is 0 Å². The standard InChI is InChI=1S/C13H18INS/c1-9(5-6-11(3)14)10(2)7-13-8-16-12(4)15-13/h6-9H,5H2,1-4H3/b10-7+,11-6-. The lowest BCUT2D eigenvalue weighted by Crippen LogP contribution is -1.94. The molecule has 1 nitrogen and oxygen atoms in total. The summed E-state index contributed by atoms with van der Waals surface area (Å²) in [5.74, 6) is 0.590. The van der Waals surface area contributed by atoms with Crippen LogP contribution in [-0.4, -0.2) is 4.98 Å². The van der Waals surface area contributed by atoms with Crippen LogP contribution in [0.25, 0.3) is 6.08 Å². The smallest absolute Gasteiger partial charge is 0.0901 e. The second kappa shape index (κ2) is 6.55. The molecule has 1 atom stereocenters. The van der Waals surface area contributed by atoms with Crippen LogP contribution in [0.1, 0.15) is 37.9 Å². The van der Waals surface area contributed by atoms with Crippen LogP contribution in [-0.2, 0) is 0 Å². The van der Waals surface area contributed by atoms with E-state index in [1.807, 2.05) is 6.92 Å². The molecule has 0 amide bonds. The number of aryl methyl sites for hydroxylation is 1. The zero-order valence-corrected chi connectivity index (χ0v) is 13.2. The lowest BCUT2D eigenvalue weighted by Gasteiger charge is -2.09. The van der Waals surface area contributed by atoms with Crippen LogP contribution in [0.5, 0.6) is 0 Å². The Hall–Kier alpha value is -0.160. The summed E-state index contributed by atoms with van der Waals surface area (Å²) in [6.45, 7) is 8.63. The van der Waals surface area contributed by atoms with Crippen molar-refractivity contribution in [1.82, 2.24) is 4.98 Å². The van der Waals surface area contributed by atoms with Gasteiger partial charge in [0.25, 0.3) is 0 Å². The molecule has 1 rings (SSSR count). The number of nitrogens with zero attached hydrogens (tertiary/aromatic N) is 1. The zero-order chi connectivity index (χ0) is 12.1. The predicted molar refractivity (Wildman–Crippen MR) is 82.1 cm³/mol. The van der Waals surface area contributed by atoms with E-state index >= 15 is 0 Å². The molecule has 0 radical (unpaired) electrons. The second-order valence-electron chi connectivity index (χ2n) is 4.11. The van der Waals surface area contributed by atoms with E-state index in [9.17, 15) is 0 Å². The molecule has 0 saturated heterocycles. The van der Waals surface area contributed by atoms with E-state index < -0.39 is 0 Å². The maximum absolute atomic E-state index is 4.45. The molecule has 0 aliphatic carbocycles. The summed E-state index contributed by atoms with van der Waals surface area (Å²) >= 11 is 4.06. The Kier molecular flexibility index (Phi) is 5.69. The van der Waals surface area contributed by atoms with Crippen molar-refractivity contribution in [2.75, 3.05) is 0 Å². The number of halogens is 1. The average Bonchev–Trinajstić information content (AvgIpc) is 2.60. The fourth-order valence-corrected chi connectivity index (χ4v) is 2.17. The highest BCUT2D eigenvalue weighted by molar-refractivity contribution is 14.1. The fraction of sp³-hybridized carbons (Fsp3) is 0.462. The molecule has 16 heavy (non-hydrogen) atoms. The van der Waals surface area contributed by atoms with E-state index in [1.54, 1.807) is 11.3 Å². The van der Waals surface area contributed by atoms with Gasteiger partial charge >= 0.3 is 0 Å². The van der Waals surface area contributed by atoms with E-state index in [1.165, 1.54) is 9.15 Å². The summed E-state index contributed by atoms with van der Waals surface area (Å²) in [7, 11) is 0. The van der Waals surface area contributed by atoms with Crippen molar-refractivity contribution in [3.8, 4) is 0 Å². The third-order valence-electron chi connectivity index (χ3n) is 2.54. The molecule has 3 heteroatoms. The van der Waals surface area contributed by atoms with Crippen molar-refractivity contribution in [2.24, 2.45) is 5.92 Å². The first-order chi connectivity index (χ1) is 7.49. The molecule has 0 N–H and O–H groups in total. The summed E-state index contributed by atoms with van der Waals surface area (Å²) in [5, 5.41) is 3.25. The summed E-state index contributed by atoms with van der Waals surface area (Å²) < 4.78 is 1.36. The van der Waals surface area contributed by atoms with Gasteiger partial charge in [-0.1, -0.05) is 18.6 Å². The SMILES string of the molecule is C/C(I)=C/CC(C)/C(C)=C/c1csc(C)n1. The summed E-state index contributed by atoms with van der Waals surface area (Å²) in [5.41, 5.74) is 2.50. The molecule has 0 fully saturated rings. The van der Waals surface area contributed by atoms with Crippen LogP contribution < -0.4 is 0 Å². The molecule has 1 aromatic heterocycles. The molecule has 0 aliphatic rings. The molecule has 0 aromatic carbocycles.